The topological polar surface area (TPSA) is 38.7 Å². The Morgan fingerprint density at radius 1 is 0.963 bits per heavy atom. The van der Waals surface area contributed by atoms with E-state index in [0.717, 1.165) is 42.8 Å². The first-order valence-corrected chi connectivity index (χ1v) is 10.8. The molecule has 0 saturated carbocycles. The van der Waals surface area contributed by atoms with Gasteiger partial charge in [-0.05, 0) is 31.5 Å². The van der Waals surface area contributed by atoms with E-state index in [1.54, 1.807) is 23.1 Å². The predicted molar refractivity (Wildman–Crippen MR) is 116 cm³/mol. The number of nitrogens with zero attached hydrogens (tertiary/aromatic N) is 3. The molecule has 0 atom stereocenters. The Hall–Kier alpha value is -1.66. The molecule has 136 valence electrons. The molecule has 2 aromatic carbocycles. The molecule has 0 unspecified atom stereocenters. The Kier molecular flexibility index (Phi) is 5.37. The zero-order chi connectivity index (χ0) is 19.0. The number of rotatable bonds is 4. The second kappa shape index (κ2) is 7.76. The van der Waals surface area contributed by atoms with Crippen LogP contribution in [0.4, 0.5) is 0 Å². The largest absolute Gasteiger partial charge is 0.238 e. The van der Waals surface area contributed by atoms with Gasteiger partial charge in [-0.2, -0.15) is 0 Å². The number of hydrogen-bond acceptors (Lipinski definition) is 5. The summed E-state index contributed by atoms with van der Waals surface area (Å²) < 4.78 is 1.07. The quantitative estimate of drug-likeness (QED) is 0.327. The van der Waals surface area contributed by atoms with E-state index in [1.165, 1.54) is 5.56 Å². The number of aromatic nitrogens is 3. The Morgan fingerprint density at radius 3 is 2.48 bits per heavy atom. The summed E-state index contributed by atoms with van der Waals surface area (Å²) in [5, 5.41) is 11.9. The summed E-state index contributed by atoms with van der Waals surface area (Å²) in [6.07, 6.45) is 0. The molecule has 3 nitrogen and oxygen atoms in total. The number of thiazole rings is 1. The van der Waals surface area contributed by atoms with Crippen molar-refractivity contribution < 1.29 is 0 Å². The Labute approximate surface area is 175 Å². The van der Waals surface area contributed by atoms with Crippen molar-refractivity contribution in [3.05, 3.63) is 68.6 Å². The van der Waals surface area contributed by atoms with E-state index < -0.39 is 0 Å². The van der Waals surface area contributed by atoms with Gasteiger partial charge in [0.25, 0.3) is 0 Å². The number of benzene rings is 2. The predicted octanol–water partition coefficient (Wildman–Crippen LogP) is 6.97. The highest BCUT2D eigenvalue weighted by Crippen LogP contribution is 2.36. The van der Waals surface area contributed by atoms with E-state index in [1.807, 2.05) is 25.1 Å². The molecule has 27 heavy (non-hydrogen) atoms. The molecule has 7 heteroatoms. The van der Waals surface area contributed by atoms with Gasteiger partial charge in [-0.1, -0.05) is 70.9 Å². The normalized spacial score (nSPS) is 11.3. The second-order valence-electron chi connectivity index (χ2n) is 6.17. The van der Waals surface area contributed by atoms with Crippen LogP contribution >= 0.6 is 46.3 Å². The molecule has 0 radical (unpaired) electrons. The molecule has 0 N–H and O–H groups in total. The highest BCUT2D eigenvalue weighted by Gasteiger charge is 2.16. The minimum Gasteiger partial charge on any atom is -0.238 e. The Bertz CT molecular complexity index is 1120. The molecule has 2 heterocycles. The Morgan fingerprint density at radius 2 is 1.74 bits per heavy atom. The maximum atomic E-state index is 6.11. The summed E-state index contributed by atoms with van der Waals surface area (Å²) in [4.78, 5) is 4.71. The molecule has 4 aromatic rings. The van der Waals surface area contributed by atoms with E-state index in [9.17, 15) is 0 Å². The lowest BCUT2D eigenvalue weighted by atomic mass is 10.1. The van der Waals surface area contributed by atoms with Crippen molar-refractivity contribution in [2.45, 2.75) is 24.6 Å². The third-order valence-corrected chi connectivity index (χ3v) is 6.82. The van der Waals surface area contributed by atoms with Crippen molar-refractivity contribution in [1.29, 1.82) is 0 Å². The molecule has 4 rings (SSSR count). The molecule has 0 bridgehead atoms. The number of fused-ring (bicyclic) bond motifs is 1. The molecular weight excluding hydrogens is 417 g/mol. The van der Waals surface area contributed by atoms with Crippen LogP contribution in [0.15, 0.2) is 47.5 Å². The maximum absolute atomic E-state index is 6.11. The maximum Gasteiger partial charge on any atom is 0.146 e. The summed E-state index contributed by atoms with van der Waals surface area (Å²) in [6.45, 7) is 4.08. The number of aryl methyl sites for hydroxylation is 2. The minimum absolute atomic E-state index is 0.560. The molecule has 0 fully saturated rings. The molecule has 0 aliphatic heterocycles. The summed E-state index contributed by atoms with van der Waals surface area (Å²) in [5.74, 6) is 0.723. The Balaban J connectivity index is 1.69. The molecule has 2 aromatic heterocycles. The fraction of sp³-hybridized carbons (Fsp3) is 0.150. The molecule has 0 spiro atoms. The summed E-state index contributed by atoms with van der Waals surface area (Å²) in [7, 11) is 0. The van der Waals surface area contributed by atoms with E-state index >= 15 is 0 Å². The van der Waals surface area contributed by atoms with Gasteiger partial charge in [-0.15, -0.1) is 21.5 Å². The fourth-order valence-corrected chi connectivity index (χ4v) is 4.88. The van der Waals surface area contributed by atoms with Gasteiger partial charge in [0.1, 0.15) is 16.2 Å². The molecular formula is C20H15Cl2N3S2. The van der Waals surface area contributed by atoms with Gasteiger partial charge in [-0.25, -0.2) is 4.98 Å². The lowest BCUT2D eigenvalue weighted by molar-refractivity contribution is 0.955. The average Bonchev–Trinajstić information content (AvgIpc) is 3.05. The first kappa shape index (κ1) is 18.7. The number of thioether (sulfide) groups is 1. The van der Waals surface area contributed by atoms with Crippen molar-refractivity contribution >= 4 is 56.5 Å². The smallest absolute Gasteiger partial charge is 0.146 e. The van der Waals surface area contributed by atoms with Gasteiger partial charge in [0.15, 0.2) is 0 Å². The van der Waals surface area contributed by atoms with Crippen LogP contribution in [-0.2, 0) is 5.75 Å². The summed E-state index contributed by atoms with van der Waals surface area (Å²) in [6, 6.07) is 14.0. The first-order valence-electron chi connectivity index (χ1n) is 8.29. The highest BCUT2D eigenvalue weighted by atomic mass is 35.5. The monoisotopic (exact) mass is 431 g/mol. The van der Waals surface area contributed by atoms with Crippen molar-refractivity contribution in [3.8, 4) is 11.3 Å². The SMILES string of the molecule is Cc1ccc(-c2nnc(SCc3ccc(Cl)c(Cl)c3)c3nc(C)sc23)cc1. The minimum atomic E-state index is 0.560. The van der Waals surface area contributed by atoms with Crippen molar-refractivity contribution in [2.75, 3.05) is 0 Å². The van der Waals surface area contributed by atoms with Crippen LogP contribution in [0.3, 0.4) is 0 Å². The second-order valence-corrected chi connectivity index (χ2v) is 9.15. The van der Waals surface area contributed by atoms with Crippen LogP contribution in [0.5, 0.6) is 0 Å². The third-order valence-electron chi connectivity index (χ3n) is 4.08. The highest BCUT2D eigenvalue weighted by molar-refractivity contribution is 7.98. The van der Waals surface area contributed by atoms with Gasteiger partial charge in [0.2, 0.25) is 0 Å². The van der Waals surface area contributed by atoms with Crippen molar-refractivity contribution in [3.63, 3.8) is 0 Å². The van der Waals surface area contributed by atoms with Crippen LogP contribution in [0, 0.1) is 13.8 Å². The number of hydrogen-bond donors (Lipinski definition) is 0. The molecule has 0 amide bonds. The third kappa shape index (κ3) is 3.97. The summed E-state index contributed by atoms with van der Waals surface area (Å²) >= 11 is 15.4. The van der Waals surface area contributed by atoms with E-state index in [2.05, 4.69) is 41.4 Å². The number of halogens is 2. The van der Waals surface area contributed by atoms with Crippen LogP contribution in [0.1, 0.15) is 16.1 Å². The van der Waals surface area contributed by atoms with Gasteiger partial charge in [0.05, 0.1) is 19.8 Å². The van der Waals surface area contributed by atoms with Gasteiger partial charge >= 0.3 is 0 Å². The fourth-order valence-electron chi connectivity index (χ4n) is 2.70. The molecule has 0 aliphatic rings. The van der Waals surface area contributed by atoms with Crippen molar-refractivity contribution in [1.82, 2.24) is 15.2 Å². The van der Waals surface area contributed by atoms with Crippen LogP contribution in [0.25, 0.3) is 21.5 Å². The van der Waals surface area contributed by atoms with E-state index in [-0.39, 0.29) is 0 Å². The van der Waals surface area contributed by atoms with E-state index in [4.69, 9.17) is 28.2 Å². The zero-order valence-electron chi connectivity index (χ0n) is 14.7. The summed E-state index contributed by atoms with van der Waals surface area (Å²) in [5.41, 5.74) is 5.15. The molecule has 0 aliphatic carbocycles. The first-order chi connectivity index (χ1) is 13.0. The zero-order valence-corrected chi connectivity index (χ0v) is 17.8. The van der Waals surface area contributed by atoms with Crippen LogP contribution in [-0.4, -0.2) is 15.2 Å². The van der Waals surface area contributed by atoms with E-state index in [0.29, 0.717) is 10.0 Å². The van der Waals surface area contributed by atoms with Crippen molar-refractivity contribution in [2.24, 2.45) is 0 Å². The van der Waals surface area contributed by atoms with Gasteiger partial charge in [-0.3, -0.25) is 0 Å². The lowest BCUT2D eigenvalue weighted by Crippen LogP contribution is -1.93. The standard InChI is InChI=1S/C20H15Cl2N3S2/c1-11-3-6-14(7-4-11)17-19-18(23-12(2)27-19)20(25-24-17)26-10-13-5-8-15(21)16(22)9-13/h3-9H,10H2,1-2H3. The average molecular weight is 432 g/mol. The van der Waals surface area contributed by atoms with Gasteiger partial charge < -0.3 is 0 Å². The van der Waals surface area contributed by atoms with Crippen LogP contribution in [0.2, 0.25) is 10.0 Å². The van der Waals surface area contributed by atoms with Crippen LogP contribution < -0.4 is 0 Å². The molecule has 0 saturated heterocycles. The lowest BCUT2D eigenvalue weighted by Gasteiger charge is -2.06. The van der Waals surface area contributed by atoms with Gasteiger partial charge in [0, 0.05) is 11.3 Å².